The molecule has 1 aromatic carbocycles. The number of para-hydroxylation sites is 1. The normalized spacial score (nSPS) is 10.5. The quantitative estimate of drug-likeness (QED) is 0.494. The number of hydrogen-bond acceptors (Lipinski definition) is 7. The number of carbonyl (C=O) groups excluding carboxylic acids is 1. The molecule has 0 unspecified atom stereocenters. The summed E-state index contributed by atoms with van der Waals surface area (Å²) in [6.45, 7) is 0. The number of amides is 1. The van der Waals surface area contributed by atoms with Gasteiger partial charge >= 0.3 is 0 Å². The third-order valence-electron chi connectivity index (χ3n) is 3.64. The summed E-state index contributed by atoms with van der Waals surface area (Å²) in [5.41, 5.74) is 4.26. The van der Waals surface area contributed by atoms with Gasteiger partial charge in [-0.25, -0.2) is 15.4 Å². The summed E-state index contributed by atoms with van der Waals surface area (Å²) in [6, 6.07) is 7.01. The summed E-state index contributed by atoms with van der Waals surface area (Å²) in [5, 5.41) is 7.70. The van der Waals surface area contributed by atoms with E-state index in [1.54, 1.807) is 31.2 Å². The molecule has 0 fully saturated rings. The van der Waals surface area contributed by atoms with Crippen molar-refractivity contribution >= 4 is 28.9 Å². The predicted molar refractivity (Wildman–Crippen MR) is 100.0 cm³/mol. The monoisotopic (exact) mass is 388 g/mol. The number of anilines is 2. The van der Waals surface area contributed by atoms with Gasteiger partial charge in [0.2, 0.25) is 0 Å². The van der Waals surface area contributed by atoms with Gasteiger partial charge in [-0.3, -0.25) is 14.3 Å². The van der Waals surface area contributed by atoms with Crippen LogP contribution in [0.5, 0.6) is 5.75 Å². The lowest BCUT2D eigenvalue weighted by Crippen LogP contribution is -2.23. The molecule has 0 aliphatic carbocycles. The molecule has 10 heteroatoms. The van der Waals surface area contributed by atoms with Crippen LogP contribution in [-0.4, -0.2) is 39.9 Å². The fourth-order valence-corrected chi connectivity index (χ4v) is 2.66. The van der Waals surface area contributed by atoms with Gasteiger partial charge in [0, 0.05) is 13.2 Å². The lowest BCUT2D eigenvalue weighted by atomic mass is 10.1. The highest BCUT2D eigenvalue weighted by Crippen LogP contribution is 2.37. The van der Waals surface area contributed by atoms with Crippen molar-refractivity contribution in [3.8, 4) is 17.1 Å². The van der Waals surface area contributed by atoms with Crippen LogP contribution in [0.25, 0.3) is 11.4 Å². The van der Waals surface area contributed by atoms with Crippen LogP contribution in [0.1, 0.15) is 10.4 Å². The first-order chi connectivity index (χ1) is 13.0. The van der Waals surface area contributed by atoms with E-state index in [0.717, 1.165) is 0 Å². The van der Waals surface area contributed by atoms with Gasteiger partial charge in [0.15, 0.2) is 11.6 Å². The number of ether oxygens (including phenoxy) is 1. The lowest BCUT2D eigenvalue weighted by Gasteiger charge is -2.16. The van der Waals surface area contributed by atoms with Crippen molar-refractivity contribution in [2.45, 2.75) is 0 Å². The summed E-state index contributed by atoms with van der Waals surface area (Å²) >= 11 is 6.00. The smallest absolute Gasteiger partial charge is 0.278 e. The molecule has 2 heterocycles. The maximum atomic E-state index is 12.2. The van der Waals surface area contributed by atoms with Gasteiger partial charge in [-0.05, 0) is 18.2 Å². The summed E-state index contributed by atoms with van der Waals surface area (Å²) < 4.78 is 7.17. The second-order valence-electron chi connectivity index (χ2n) is 5.44. The standard InChI is InChI=1S/C17H17ClN6O3/c1-24-9-20-16(22-24)10-5-4-6-12(15(10)26-2)21-13-7-14(18)19-8-11(13)17(25)23-27-3/h4-9H,1-3H3,(H,19,21)(H,23,25). The van der Waals surface area contributed by atoms with Crippen LogP contribution < -0.4 is 15.5 Å². The van der Waals surface area contributed by atoms with Crippen LogP contribution in [0.2, 0.25) is 5.15 Å². The molecule has 27 heavy (non-hydrogen) atoms. The van der Waals surface area contributed by atoms with E-state index in [4.69, 9.17) is 16.3 Å². The molecule has 3 aromatic rings. The van der Waals surface area contributed by atoms with Crippen LogP contribution in [0.15, 0.2) is 36.8 Å². The Bertz CT molecular complexity index is 975. The summed E-state index contributed by atoms with van der Waals surface area (Å²) in [7, 11) is 4.68. The Kier molecular flexibility index (Phi) is 5.53. The average molecular weight is 389 g/mol. The summed E-state index contributed by atoms with van der Waals surface area (Å²) in [5.74, 6) is 0.573. The molecule has 0 aliphatic rings. The van der Waals surface area contributed by atoms with Crippen molar-refractivity contribution in [3.63, 3.8) is 0 Å². The zero-order valence-electron chi connectivity index (χ0n) is 14.9. The van der Waals surface area contributed by atoms with Gasteiger partial charge in [0.05, 0.1) is 36.7 Å². The lowest BCUT2D eigenvalue weighted by molar-refractivity contribution is 0.0538. The highest BCUT2D eigenvalue weighted by Gasteiger charge is 2.18. The second-order valence-corrected chi connectivity index (χ2v) is 5.83. The van der Waals surface area contributed by atoms with Crippen LogP contribution in [0.3, 0.4) is 0 Å². The van der Waals surface area contributed by atoms with Gasteiger partial charge in [-0.2, -0.15) is 5.10 Å². The van der Waals surface area contributed by atoms with Crippen molar-refractivity contribution in [1.82, 2.24) is 25.2 Å². The van der Waals surface area contributed by atoms with E-state index in [1.807, 2.05) is 12.1 Å². The molecule has 140 valence electrons. The Morgan fingerprint density at radius 3 is 2.70 bits per heavy atom. The summed E-state index contributed by atoms with van der Waals surface area (Å²) in [6.07, 6.45) is 2.96. The van der Waals surface area contributed by atoms with E-state index in [9.17, 15) is 4.79 Å². The van der Waals surface area contributed by atoms with Gasteiger partial charge in [0.25, 0.3) is 5.91 Å². The Hall–Kier alpha value is -3.17. The molecule has 0 saturated heterocycles. The molecule has 2 aromatic heterocycles. The van der Waals surface area contributed by atoms with Crippen molar-refractivity contribution in [3.05, 3.63) is 47.5 Å². The highest BCUT2D eigenvalue weighted by atomic mass is 35.5. The van der Waals surface area contributed by atoms with E-state index in [2.05, 4.69) is 30.7 Å². The topological polar surface area (TPSA) is 103 Å². The van der Waals surface area contributed by atoms with Gasteiger partial charge in [-0.1, -0.05) is 17.7 Å². The number of aromatic nitrogens is 4. The third kappa shape index (κ3) is 3.99. The molecule has 0 aliphatic heterocycles. The second kappa shape index (κ2) is 8.02. The van der Waals surface area contributed by atoms with E-state index in [0.29, 0.717) is 28.5 Å². The average Bonchev–Trinajstić information content (AvgIpc) is 3.08. The van der Waals surface area contributed by atoms with Crippen molar-refractivity contribution < 1.29 is 14.4 Å². The number of carbonyl (C=O) groups is 1. The minimum absolute atomic E-state index is 0.230. The van der Waals surface area contributed by atoms with E-state index >= 15 is 0 Å². The fourth-order valence-electron chi connectivity index (χ4n) is 2.50. The first-order valence-electron chi connectivity index (χ1n) is 7.82. The molecule has 9 nitrogen and oxygen atoms in total. The van der Waals surface area contributed by atoms with Gasteiger partial charge in [-0.15, -0.1) is 0 Å². The number of nitrogens with zero attached hydrogens (tertiary/aromatic N) is 4. The summed E-state index contributed by atoms with van der Waals surface area (Å²) in [4.78, 5) is 25.1. The molecule has 1 amide bonds. The first-order valence-corrected chi connectivity index (χ1v) is 8.20. The number of hydrogen-bond donors (Lipinski definition) is 2. The molecule has 0 atom stereocenters. The Labute approximate surface area is 160 Å². The maximum Gasteiger partial charge on any atom is 0.278 e. The minimum Gasteiger partial charge on any atom is -0.494 e. The SMILES string of the molecule is CONC(=O)c1cnc(Cl)cc1Nc1cccc(-c2ncn(C)n2)c1OC. The number of methoxy groups -OCH3 is 1. The fraction of sp³-hybridized carbons (Fsp3) is 0.176. The maximum absolute atomic E-state index is 12.2. The van der Waals surface area contributed by atoms with Gasteiger partial charge in [0.1, 0.15) is 11.5 Å². The Morgan fingerprint density at radius 2 is 2.04 bits per heavy atom. The number of benzene rings is 1. The van der Waals surface area contributed by atoms with Crippen LogP contribution >= 0.6 is 11.6 Å². The molecule has 0 radical (unpaired) electrons. The van der Waals surface area contributed by atoms with Crippen molar-refractivity contribution in [2.75, 3.05) is 19.5 Å². The van der Waals surface area contributed by atoms with E-state index < -0.39 is 5.91 Å². The number of pyridine rings is 1. The molecule has 0 bridgehead atoms. The number of nitrogens with one attached hydrogen (secondary N) is 2. The minimum atomic E-state index is -0.467. The Morgan fingerprint density at radius 1 is 1.22 bits per heavy atom. The number of rotatable bonds is 6. The number of aryl methyl sites for hydroxylation is 1. The van der Waals surface area contributed by atoms with Crippen molar-refractivity contribution in [2.24, 2.45) is 7.05 Å². The number of halogens is 1. The molecule has 2 N–H and O–H groups in total. The van der Waals surface area contributed by atoms with Gasteiger partial charge < -0.3 is 10.1 Å². The third-order valence-corrected chi connectivity index (χ3v) is 3.85. The molecular formula is C17H17ClN6O3. The zero-order chi connectivity index (χ0) is 19.4. The first kappa shape index (κ1) is 18.6. The van der Waals surface area contributed by atoms with Crippen molar-refractivity contribution in [1.29, 1.82) is 0 Å². The zero-order valence-corrected chi connectivity index (χ0v) is 15.6. The molecular weight excluding hydrogens is 372 g/mol. The van der Waals surface area contributed by atoms with Crippen LogP contribution in [-0.2, 0) is 11.9 Å². The highest BCUT2D eigenvalue weighted by molar-refractivity contribution is 6.29. The molecule has 0 spiro atoms. The molecule has 0 saturated carbocycles. The Balaban J connectivity index is 2.04. The largest absolute Gasteiger partial charge is 0.494 e. The van der Waals surface area contributed by atoms with Crippen LogP contribution in [0, 0.1) is 0 Å². The number of hydroxylamine groups is 1. The predicted octanol–water partition coefficient (Wildman–Crippen LogP) is 2.57. The van der Waals surface area contributed by atoms with E-state index in [-0.39, 0.29) is 10.7 Å². The van der Waals surface area contributed by atoms with Crippen LogP contribution in [0.4, 0.5) is 11.4 Å². The van der Waals surface area contributed by atoms with E-state index in [1.165, 1.54) is 19.4 Å². The molecule has 3 rings (SSSR count).